The SMILES string of the molecule is CC(C)(C)c1ccc(/C=C\C(=O)NCC(=O)Nc2ccc3[nH]c(=O)[nH]c3c2)cc1. The average molecular weight is 392 g/mol. The highest BCUT2D eigenvalue weighted by Gasteiger charge is 2.12. The van der Waals surface area contributed by atoms with Gasteiger partial charge in [-0.2, -0.15) is 0 Å². The lowest BCUT2D eigenvalue weighted by Crippen LogP contribution is -2.31. The van der Waals surface area contributed by atoms with E-state index in [-0.39, 0.29) is 29.5 Å². The number of aromatic nitrogens is 2. The maximum absolute atomic E-state index is 12.0. The molecule has 2 aromatic carbocycles. The van der Waals surface area contributed by atoms with Gasteiger partial charge in [0, 0.05) is 11.8 Å². The summed E-state index contributed by atoms with van der Waals surface area (Å²) >= 11 is 0. The second kappa shape index (κ2) is 8.18. The summed E-state index contributed by atoms with van der Waals surface area (Å²) < 4.78 is 0. The largest absolute Gasteiger partial charge is 0.343 e. The summed E-state index contributed by atoms with van der Waals surface area (Å²) in [5.74, 6) is -0.719. The third kappa shape index (κ3) is 5.44. The van der Waals surface area contributed by atoms with Gasteiger partial charge in [0.25, 0.3) is 0 Å². The standard InChI is InChI=1S/C22H24N4O3/c1-22(2,3)15-7-4-14(5-8-15)6-11-19(27)23-13-20(28)24-16-9-10-17-18(12-16)26-21(29)25-17/h4-12H,13H2,1-3H3,(H,23,27)(H,24,28)(H2,25,26,29)/b11-6-. The quantitative estimate of drug-likeness (QED) is 0.502. The van der Waals surface area contributed by atoms with Gasteiger partial charge in [-0.25, -0.2) is 4.79 Å². The molecule has 1 aromatic heterocycles. The number of benzene rings is 2. The van der Waals surface area contributed by atoms with Crippen LogP contribution in [0.3, 0.4) is 0 Å². The highest BCUT2D eigenvalue weighted by atomic mass is 16.2. The number of rotatable bonds is 5. The number of amides is 2. The van der Waals surface area contributed by atoms with E-state index in [1.165, 1.54) is 11.6 Å². The number of fused-ring (bicyclic) bond motifs is 1. The molecule has 7 heteroatoms. The molecule has 4 N–H and O–H groups in total. The van der Waals surface area contributed by atoms with Gasteiger partial charge in [-0.15, -0.1) is 0 Å². The Labute approximate surface area is 168 Å². The first-order valence-electron chi connectivity index (χ1n) is 9.29. The first-order chi connectivity index (χ1) is 13.7. The van der Waals surface area contributed by atoms with E-state index >= 15 is 0 Å². The zero-order valence-electron chi connectivity index (χ0n) is 16.6. The molecule has 150 valence electrons. The molecule has 2 amide bonds. The van der Waals surface area contributed by atoms with Gasteiger partial charge in [-0.1, -0.05) is 45.0 Å². The van der Waals surface area contributed by atoms with Gasteiger partial charge >= 0.3 is 5.69 Å². The van der Waals surface area contributed by atoms with E-state index in [4.69, 9.17) is 0 Å². The molecule has 3 aromatic rings. The van der Waals surface area contributed by atoms with E-state index in [0.717, 1.165) is 5.56 Å². The number of H-pyrrole nitrogens is 2. The van der Waals surface area contributed by atoms with E-state index in [1.807, 2.05) is 24.3 Å². The Kier molecular flexibility index (Phi) is 5.68. The van der Waals surface area contributed by atoms with Crippen LogP contribution < -0.4 is 16.3 Å². The van der Waals surface area contributed by atoms with Crippen molar-refractivity contribution in [3.05, 3.63) is 70.2 Å². The summed E-state index contributed by atoms with van der Waals surface area (Å²) in [5.41, 5.74) is 3.67. The lowest BCUT2D eigenvalue weighted by molar-refractivity contribution is -0.121. The van der Waals surface area contributed by atoms with E-state index in [1.54, 1.807) is 24.3 Å². The molecule has 0 fully saturated rings. The minimum Gasteiger partial charge on any atom is -0.343 e. The van der Waals surface area contributed by atoms with Crippen LogP contribution in [0.4, 0.5) is 5.69 Å². The summed E-state index contributed by atoms with van der Waals surface area (Å²) in [6.07, 6.45) is 3.10. The molecule has 0 atom stereocenters. The van der Waals surface area contributed by atoms with Crippen molar-refractivity contribution in [3.63, 3.8) is 0 Å². The van der Waals surface area contributed by atoms with E-state index in [9.17, 15) is 14.4 Å². The number of nitrogens with one attached hydrogen (secondary N) is 4. The smallest absolute Gasteiger partial charge is 0.323 e. The molecule has 0 radical (unpaired) electrons. The zero-order chi connectivity index (χ0) is 21.0. The van der Waals surface area contributed by atoms with Crippen molar-refractivity contribution in [1.82, 2.24) is 15.3 Å². The number of hydrogen-bond acceptors (Lipinski definition) is 3. The van der Waals surface area contributed by atoms with Crippen molar-refractivity contribution in [1.29, 1.82) is 0 Å². The molecular formula is C22H24N4O3. The summed E-state index contributed by atoms with van der Waals surface area (Å²) in [7, 11) is 0. The van der Waals surface area contributed by atoms with Crippen molar-refractivity contribution in [2.24, 2.45) is 0 Å². The van der Waals surface area contributed by atoms with Crippen molar-refractivity contribution >= 4 is 34.6 Å². The lowest BCUT2D eigenvalue weighted by atomic mass is 9.87. The fourth-order valence-corrected chi connectivity index (χ4v) is 2.81. The fourth-order valence-electron chi connectivity index (χ4n) is 2.81. The van der Waals surface area contributed by atoms with E-state index in [0.29, 0.717) is 16.7 Å². The second-order valence-electron chi connectivity index (χ2n) is 7.81. The molecule has 29 heavy (non-hydrogen) atoms. The second-order valence-corrected chi connectivity index (χ2v) is 7.81. The lowest BCUT2D eigenvalue weighted by Gasteiger charge is -2.18. The molecule has 0 spiro atoms. The minimum absolute atomic E-state index is 0.0773. The number of anilines is 1. The summed E-state index contributed by atoms with van der Waals surface area (Å²) in [6.45, 7) is 6.28. The zero-order valence-corrected chi connectivity index (χ0v) is 16.6. The Bertz CT molecular complexity index is 1120. The third-order valence-electron chi connectivity index (χ3n) is 4.43. The first kappa shape index (κ1) is 20.1. The molecule has 0 aliphatic rings. The molecular weight excluding hydrogens is 368 g/mol. The van der Waals surface area contributed by atoms with Gasteiger partial charge in [-0.05, 0) is 40.8 Å². The number of carbonyl (C=O) groups excluding carboxylic acids is 2. The molecule has 7 nitrogen and oxygen atoms in total. The predicted molar refractivity (Wildman–Crippen MR) is 115 cm³/mol. The van der Waals surface area contributed by atoms with Crippen LogP contribution in [0.1, 0.15) is 31.9 Å². The Morgan fingerprint density at radius 3 is 2.38 bits per heavy atom. The first-order valence-corrected chi connectivity index (χ1v) is 9.29. The molecule has 3 rings (SSSR count). The fraction of sp³-hybridized carbons (Fsp3) is 0.227. The average Bonchev–Trinajstić information content (AvgIpc) is 3.03. The highest BCUT2D eigenvalue weighted by molar-refractivity contribution is 5.98. The number of aromatic amines is 2. The van der Waals surface area contributed by atoms with E-state index < -0.39 is 0 Å². The van der Waals surface area contributed by atoms with Crippen LogP contribution in [0, 0.1) is 0 Å². The van der Waals surface area contributed by atoms with Crippen molar-refractivity contribution in [2.75, 3.05) is 11.9 Å². The number of hydrogen-bond donors (Lipinski definition) is 4. The number of imidazole rings is 1. The molecule has 0 unspecified atom stereocenters. The van der Waals surface area contributed by atoms with Crippen LogP contribution in [0.5, 0.6) is 0 Å². The normalized spacial score (nSPS) is 11.7. The van der Waals surface area contributed by atoms with Crippen LogP contribution in [0.2, 0.25) is 0 Å². The van der Waals surface area contributed by atoms with Crippen LogP contribution >= 0.6 is 0 Å². The highest BCUT2D eigenvalue weighted by Crippen LogP contribution is 2.22. The Morgan fingerprint density at radius 1 is 1.00 bits per heavy atom. The minimum atomic E-state index is -0.362. The molecule has 0 saturated heterocycles. The monoisotopic (exact) mass is 392 g/mol. The van der Waals surface area contributed by atoms with Crippen LogP contribution in [-0.4, -0.2) is 28.3 Å². The topological polar surface area (TPSA) is 107 Å². The maximum atomic E-state index is 12.0. The molecule has 1 heterocycles. The molecule has 0 aliphatic carbocycles. The molecule has 0 aliphatic heterocycles. The van der Waals surface area contributed by atoms with Crippen LogP contribution in [0.25, 0.3) is 17.1 Å². The van der Waals surface area contributed by atoms with Gasteiger partial charge in [0.15, 0.2) is 0 Å². The van der Waals surface area contributed by atoms with E-state index in [2.05, 4.69) is 41.4 Å². The van der Waals surface area contributed by atoms with Crippen LogP contribution in [0.15, 0.2) is 53.3 Å². The summed E-state index contributed by atoms with van der Waals surface area (Å²) in [6, 6.07) is 13.0. The van der Waals surface area contributed by atoms with Gasteiger partial charge in [0.1, 0.15) is 0 Å². The Morgan fingerprint density at radius 2 is 1.69 bits per heavy atom. The summed E-state index contributed by atoms with van der Waals surface area (Å²) in [5, 5.41) is 5.23. The van der Waals surface area contributed by atoms with Crippen LogP contribution in [-0.2, 0) is 15.0 Å². The van der Waals surface area contributed by atoms with Gasteiger partial charge in [0.2, 0.25) is 11.8 Å². The van der Waals surface area contributed by atoms with Gasteiger partial charge in [-0.3, -0.25) is 9.59 Å². The predicted octanol–water partition coefficient (Wildman–Crippen LogP) is 2.92. The van der Waals surface area contributed by atoms with Crippen molar-refractivity contribution < 1.29 is 9.59 Å². The molecule has 0 saturated carbocycles. The van der Waals surface area contributed by atoms with Crippen molar-refractivity contribution in [3.8, 4) is 0 Å². The van der Waals surface area contributed by atoms with Gasteiger partial charge < -0.3 is 20.6 Å². The van der Waals surface area contributed by atoms with Crippen molar-refractivity contribution in [2.45, 2.75) is 26.2 Å². The third-order valence-corrected chi connectivity index (χ3v) is 4.43. The Balaban J connectivity index is 1.50. The Hall–Kier alpha value is -3.61. The maximum Gasteiger partial charge on any atom is 0.323 e. The summed E-state index contributed by atoms with van der Waals surface area (Å²) in [4.78, 5) is 40.5. The molecule has 0 bridgehead atoms. The number of carbonyl (C=O) groups is 2. The van der Waals surface area contributed by atoms with Gasteiger partial charge in [0.05, 0.1) is 17.6 Å².